The van der Waals surface area contributed by atoms with Gasteiger partial charge < -0.3 is 9.30 Å². The Morgan fingerprint density at radius 1 is 1.17 bits per heavy atom. The zero-order valence-corrected chi connectivity index (χ0v) is 17.0. The topological polar surface area (TPSA) is 48.3 Å². The van der Waals surface area contributed by atoms with E-state index in [0.29, 0.717) is 5.56 Å². The normalized spacial score (nSPS) is 16.2. The fourth-order valence-electron chi connectivity index (χ4n) is 3.01. The zero-order valence-electron chi connectivity index (χ0n) is 13.8. The first-order valence-electron chi connectivity index (χ1n) is 7.54. The van der Waals surface area contributed by atoms with E-state index in [-0.39, 0.29) is 57.3 Å². The van der Waals surface area contributed by atoms with Crippen molar-refractivity contribution in [1.82, 2.24) is 4.57 Å². The van der Waals surface area contributed by atoms with Gasteiger partial charge in [-0.3, -0.25) is 4.79 Å². The first kappa shape index (κ1) is 18.6. The van der Waals surface area contributed by atoms with Crippen molar-refractivity contribution in [2.45, 2.75) is 39.2 Å². The molecule has 3 rings (SSSR count). The number of aryl methyl sites for hydroxylation is 3. The number of carbonyl (C=O) groups excluding carboxylic acids is 2. The number of carbonyl (C=O) groups is 2. The van der Waals surface area contributed by atoms with Crippen molar-refractivity contribution in [3.8, 4) is 0 Å². The van der Waals surface area contributed by atoms with Gasteiger partial charge in [0, 0.05) is 69.8 Å². The van der Waals surface area contributed by atoms with Gasteiger partial charge in [-0.2, -0.15) is 0 Å². The van der Waals surface area contributed by atoms with E-state index in [0.717, 1.165) is 36.2 Å². The Labute approximate surface area is 178 Å². The minimum absolute atomic E-state index is 0. The number of hydrogen-bond acceptors (Lipinski definition) is 3. The summed E-state index contributed by atoms with van der Waals surface area (Å²) in [4.78, 5) is 24.5. The molecule has 0 aliphatic carbocycles. The Morgan fingerprint density at radius 3 is 2.70 bits per heavy atom. The third kappa shape index (κ3) is 4.22. The maximum absolute atomic E-state index is 12.4. The quantitative estimate of drug-likeness (QED) is 0.481. The van der Waals surface area contributed by atoms with Crippen LogP contribution in [0.25, 0.3) is 0 Å². The van der Waals surface area contributed by atoms with Gasteiger partial charge in [0.2, 0.25) is 0 Å². The second-order valence-electron chi connectivity index (χ2n) is 5.91. The summed E-state index contributed by atoms with van der Waals surface area (Å²) in [5, 5.41) is 0. The molecule has 5 heteroatoms. The molecule has 1 aromatic heterocycles. The summed E-state index contributed by atoms with van der Waals surface area (Å²) in [5.41, 5.74) is 3.45. The van der Waals surface area contributed by atoms with Gasteiger partial charge in [-0.05, 0) is 50.5 Å². The molecule has 0 spiro atoms. The van der Waals surface area contributed by atoms with Crippen molar-refractivity contribution in [2.75, 3.05) is 0 Å². The van der Waals surface area contributed by atoms with Crippen molar-refractivity contribution >= 4 is 63.3 Å². The van der Waals surface area contributed by atoms with E-state index in [1.54, 1.807) is 18.2 Å². The summed E-state index contributed by atoms with van der Waals surface area (Å²) in [7, 11) is 0. The molecule has 115 valence electrons. The van der Waals surface area contributed by atoms with Gasteiger partial charge >= 0.3 is 11.9 Å². The van der Waals surface area contributed by atoms with Crippen LogP contribution in [0, 0.1) is 13.8 Å². The first-order valence-corrected chi connectivity index (χ1v) is 7.54. The van der Waals surface area contributed by atoms with Crippen LogP contribution in [0.3, 0.4) is 0 Å². The second-order valence-corrected chi connectivity index (χ2v) is 5.91. The maximum Gasteiger partial charge on any atom is 0.345 e. The molecule has 0 bridgehead atoms. The van der Waals surface area contributed by atoms with Crippen LogP contribution in [0.5, 0.6) is 0 Å². The van der Waals surface area contributed by atoms with Gasteiger partial charge in [-0.15, -0.1) is 0 Å². The molecule has 0 saturated heterocycles. The summed E-state index contributed by atoms with van der Waals surface area (Å²) >= 11 is 0. The van der Waals surface area contributed by atoms with E-state index in [9.17, 15) is 9.59 Å². The molecule has 0 N–H and O–H groups in total. The van der Waals surface area contributed by atoms with Crippen molar-refractivity contribution in [2.24, 2.45) is 0 Å². The molecule has 4 nitrogen and oxygen atoms in total. The molecule has 1 aromatic carbocycles. The minimum Gasteiger partial charge on any atom is -0.389 e. The third-order valence-electron chi connectivity index (χ3n) is 4.05. The van der Waals surface area contributed by atoms with Crippen molar-refractivity contribution < 1.29 is 14.3 Å². The van der Waals surface area contributed by atoms with Gasteiger partial charge in [-0.25, -0.2) is 4.79 Å². The molecular formula is C18H19KNO3. The van der Waals surface area contributed by atoms with E-state index in [1.165, 1.54) is 0 Å². The largest absolute Gasteiger partial charge is 0.389 e. The molecule has 1 aliphatic heterocycles. The van der Waals surface area contributed by atoms with Crippen LogP contribution in [0.1, 0.15) is 45.9 Å². The van der Waals surface area contributed by atoms with Crippen LogP contribution in [-0.2, 0) is 16.1 Å². The molecule has 1 atom stereocenters. The number of benzene rings is 1. The van der Waals surface area contributed by atoms with E-state index in [1.807, 2.05) is 32.2 Å². The van der Waals surface area contributed by atoms with Crippen molar-refractivity contribution in [3.63, 3.8) is 0 Å². The van der Waals surface area contributed by atoms with Crippen molar-refractivity contribution in [1.29, 1.82) is 0 Å². The molecule has 0 saturated carbocycles. The van der Waals surface area contributed by atoms with E-state index >= 15 is 0 Å². The molecule has 0 fully saturated rings. The molecule has 1 aliphatic rings. The van der Waals surface area contributed by atoms with Crippen LogP contribution in [-0.4, -0.2) is 67.9 Å². The summed E-state index contributed by atoms with van der Waals surface area (Å²) < 4.78 is 7.19. The number of nitrogens with zero attached hydrogens (tertiary/aromatic N) is 1. The van der Waals surface area contributed by atoms with Crippen LogP contribution >= 0.6 is 0 Å². The van der Waals surface area contributed by atoms with E-state index < -0.39 is 11.9 Å². The van der Waals surface area contributed by atoms with Gasteiger partial charge in [0.15, 0.2) is 0 Å². The summed E-state index contributed by atoms with van der Waals surface area (Å²) in [6, 6.07) is 9.07. The molecule has 1 unspecified atom stereocenters. The molecule has 0 amide bonds. The predicted molar refractivity (Wildman–Crippen MR) is 88.5 cm³/mol. The van der Waals surface area contributed by atoms with Crippen LogP contribution in [0.4, 0.5) is 0 Å². The Balaban J connectivity index is 0.00000192. The number of esters is 2. The number of aromatic nitrogens is 1. The number of rotatable bonds is 2. The first-order chi connectivity index (χ1) is 10.5. The Bertz CT molecular complexity index is 736. The minimum atomic E-state index is -0.575. The van der Waals surface area contributed by atoms with Crippen LogP contribution < -0.4 is 0 Å². The Hall–Kier alpha value is -0.724. The van der Waals surface area contributed by atoms with Gasteiger partial charge in [0.1, 0.15) is 0 Å². The van der Waals surface area contributed by atoms with E-state index in [4.69, 9.17) is 4.74 Å². The van der Waals surface area contributed by atoms with Gasteiger partial charge in [-0.1, -0.05) is 17.7 Å². The van der Waals surface area contributed by atoms with Crippen molar-refractivity contribution in [3.05, 3.63) is 58.9 Å². The number of fused-ring (bicyclic) bond motifs is 1. The fourth-order valence-corrected chi connectivity index (χ4v) is 3.01. The zero-order chi connectivity index (χ0) is 15.7. The Morgan fingerprint density at radius 2 is 1.96 bits per heavy atom. The third-order valence-corrected chi connectivity index (χ3v) is 4.05. The average Bonchev–Trinajstić information content (AvgIpc) is 2.87. The fraction of sp³-hybridized carbons (Fsp3) is 0.333. The van der Waals surface area contributed by atoms with Crippen LogP contribution in [0.2, 0.25) is 0 Å². The molecule has 1 radical (unpaired) electrons. The predicted octanol–water partition coefficient (Wildman–Crippen LogP) is 2.99. The standard InChI is InChI=1S/C18H19NO3.K/c1-12-5-3-6-14(9-12)17(20)22-18(21)15-7-4-8-19-11-13(2)10-16(15)19;/h3,5-6,9-11,15H,4,7-8H2,1-2H3;. The molecule has 23 heavy (non-hydrogen) atoms. The number of hydrogen-bond donors (Lipinski definition) is 0. The SMILES string of the molecule is Cc1cccc(C(=O)OC(=O)C2CCCn3cc(C)cc32)c1.[K]. The summed E-state index contributed by atoms with van der Waals surface area (Å²) in [6.07, 6.45) is 3.68. The molecular weight excluding hydrogens is 317 g/mol. The average molecular weight is 336 g/mol. The Kier molecular flexibility index (Phi) is 6.39. The second kappa shape index (κ2) is 7.90. The van der Waals surface area contributed by atoms with E-state index in [2.05, 4.69) is 4.57 Å². The maximum atomic E-state index is 12.4. The molecule has 2 aromatic rings. The number of ether oxygens (including phenoxy) is 1. The summed E-state index contributed by atoms with van der Waals surface area (Å²) in [5.74, 6) is -1.38. The monoisotopic (exact) mass is 336 g/mol. The molecule has 2 heterocycles. The van der Waals surface area contributed by atoms with Crippen LogP contribution in [0.15, 0.2) is 36.5 Å². The summed E-state index contributed by atoms with van der Waals surface area (Å²) in [6.45, 7) is 4.82. The smallest absolute Gasteiger partial charge is 0.345 e. The van der Waals surface area contributed by atoms with Gasteiger partial charge in [0.05, 0.1) is 11.5 Å². The van der Waals surface area contributed by atoms with Gasteiger partial charge in [0.25, 0.3) is 0 Å².